The average molecular weight is 269 g/mol. The first-order chi connectivity index (χ1) is 9.72. The van der Waals surface area contributed by atoms with Crippen LogP contribution >= 0.6 is 0 Å². The number of likely N-dealkylation sites (N-methyl/N-ethyl adjacent to an activating group) is 1. The van der Waals surface area contributed by atoms with Crippen LogP contribution in [0.1, 0.15) is 24.0 Å². The van der Waals surface area contributed by atoms with Crippen LogP contribution in [0.4, 0.5) is 0 Å². The lowest BCUT2D eigenvalue weighted by Gasteiger charge is -2.55. The van der Waals surface area contributed by atoms with E-state index in [4.69, 9.17) is 4.74 Å². The minimum absolute atomic E-state index is 0.119. The molecular formula is C17H19NO2. The van der Waals surface area contributed by atoms with E-state index in [0.717, 1.165) is 31.6 Å². The van der Waals surface area contributed by atoms with E-state index >= 15 is 0 Å². The normalized spacial score (nSPS) is 40.4. The number of ether oxygens (including phenoxy) is 1. The molecule has 1 saturated heterocycles. The molecule has 1 fully saturated rings. The number of nitrogens with zero attached hydrogens (tertiary/aromatic N) is 1. The lowest BCUT2D eigenvalue weighted by atomic mass is 9.54. The molecule has 3 heteroatoms. The molecule has 3 nitrogen and oxygen atoms in total. The summed E-state index contributed by atoms with van der Waals surface area (Å²) in [5.41, 5.74) is 2.85. The summed E-state index contributed by atoms with van der Waals surface area (Å²) in [4.78, 5) is 2.51. The third kappa shape index (κ3) is 1.05. The molecule has 1 aromatic rings. The Bertz CT molecular complexity index is 638. The van der Waals surface area contributed by atoms with Gasteiger partial charge < -0.3 is 14.7 Å². The van der Waals surface area contributed by atoms with E-state index in [1.807, 2.05) is 6.07 Å². The van der Waals surface area contributed by atoms with E-state index in [2.05, 4.69) is 30.2 Å². The predicted octanol–water partition coefficient (Wildman–Crippen LogP) is 2.23. The first kappa shape index (κ1) is 11.2. The van der Waals surface area contributed by atoms with Gasteiger partial charge in [0, 0.05) is 29.4 Å². The van der Waals surface area contributed by atoms with Crippen LogP contribution in [-0.4, -0.2) is 35.7 Å². The van der Waals surface area contributed by atoms with Crippen molar-refractivity contribution in [3.8, 4) is 11.5 Å². The fraction of sp³-hybridized carbons (Fsp3) is 0.529. The van der Waals surface area contributed by atoms with Crippen molar-refractivity contribution in [2.45, 2.75) is 36.8 Å². The summed E-state index contributed by atoms with van der Waals surface area (Å²) in [6.07, 6.45) is 8.11. The van der Waals surface area contributed by atoms with Crippen LogP contribution in [0.3, 0.4) is 0 Å². The molecular weight excluding hydrogens is 250 g/mol. The zero-order valence-corrected chi connectivity index (χ0v) is 11.7. The maximum atomic E-state index is 10.2. The van der Waals surface area contributed by atoms with Gasteiger partial charge in [0.2, 0.25) is 0 Å². The van der Waals surface area contributed by atoms with Gasteiger partial charge in [0.1, 0.15) is 6.10 Å². The van der Waals surface area contributed by atoms with Gasteiger partial charge in [-0.3, -0.25) is 0 Å². The Hall–Kier alpha value is -1.48. The average Bonchev–Trinajstić information content (AvgIpc) is 2.79. The Morgan fingerprint density at radius 2 is 2.30 bits per heavy atom. The van der Waals surface area contributed by atoms with Crippen LogP contribution in [0, 0.1) is 5.92 Å². The van der Waals surface area contributed by atoms with E-state index in [9.17, 15) is 5.11 Å². The lowest BCUT2D eigenvalue weighted by Crippen LogP contribution is -2.62. The summed E-state index contributed by atoms with van der Waals surface area (Å²) in [5, 5.41) is 10.2. The molecule has 0 amide bonds. The highest BCUT2D eigenvalue weighted by Crippen LogP contribution is 2.62. The van der Waals surface area contributed by atoms with Crippen molar-refractivity contribution >= 4 is 0 Å². The molecule has 104 valence electrons. The molecule has 1 N–H and O–H groups in total. The molecule has 4 atom stereocenters. The van der Waals surface area contributed by atoms with Gasteiger partial charge in [-0.05, 0) is 38.1 Å². The SMILES string of the molecule is CN1CC[C@]23c4c5ccc(O)c4O[C@H]2CC=C[C@H]3[C@H]1C5. The highest BCUT2D eigenvalue weighted by atomic mass is 16.5. The van der Waals surface area contributed by atoms with Gasteiger partial charge in [0.25, 0.3) is 0 Å². The standard InChI is InChI=1S/C17H19NO2/c1-18-8-7-17-11-3-2-4-14(17)20-16-13(19)6-5-10(15(16)17)9-12(11)18/h2-3,5-6,11-12,14,19H,4,7-9H2,1H3/t11-,12+,14-,17+/m0/s1. The van der Waals surface area contributed by atoms with Crippen molar-refractivity contribution < 1.29 is 9.84 Å². The molecule has 1 aromatic carbocycles. The van der Waals surface area contributed by atoms with Gasteiger partial charge in [0.05, 0.1) is 0 Å². The van der Waals surface area contributed by atoms with Crippen LogP contribution in [-0.2, 0) is 11.8 Å². The number of phenols is 1. The summed E-state index contributed by atoms with van der Waals surface area (Å²) >= 11 is 0. The highest BCUT2D eigenvalue weighted by molar-refractivity contribution is 5.61. The molecule has 1 spiro atoms. The van der Waals surface area contributed by atoms with Crippen molar-refractivity contribution in [1.82, 2.24) is 4.90 Å². The van der Waals surface area contributed by atoms with Crippen molar-refractivity contribution in [2.24, 2.45) is 5.92 Å². The predicted molar refractivity (Wildman–Crippen MR) is 76.2 cm³/mol. The summed E-state index contributed by atoms with van der Waals surface area (Å²) in [6.45, 7) is 1.13. The van der Waals surface area contributed by atoms with Gasteiger partial charge in [-0.25, -0.2) is 0 Å². The number of piperidine rings is 1. The summed E-state index contributed by atoms with van der Waals surface area (Å²) in [5.74, 6) is 1.64. The maximum absolute atomic E-state index is 10.2. The number of hydrogen-bond donors (Lipinski definition) is 1. The molecule has 0 unspecified atom stereocenters. The number of benzene rings is 1. The fourth-order valence-corrected chi connectivity index (χ4v) is 5.21. The first-order valence-electron chi connectivity index (χ1n) is 7.60. The van der Waals surface area contributed by atoms with Crippen LogP contribution in [0.5, 0.6) is 11.5 Å². The summed E-state index contributed by atoms with van der Waals surface area (Å²) in [6, 6.07) is 4.50. The molecule has 20 heavy (non-hydrogen) atoms. The summed E-state index contributed by atoms with van der Waals surface area (Å²) < 4.78 is 6.22. The Morgan fingerprint density at radius 3 is 3.20 bits per heavy atom. The zero-order valence-electron chi connectivity index (χ0n) is 11.7. The van der Waals surface area contributed by atoms with Gasteiger partial charge >= 0.3 is 0 Å². The monoisotopic (exact) mass is 269 g/mol. The van der Waals surface area contributed by atoms with E-state index in [-0.39, 0.29) is 11.5 Å². The van der Waals surface area contributed by atoms with E-state index in [1.54, 1.807) is 0 Å². The number of rotatable bonds is 0. The van der Waals surface area contributed by atoms with Gasteiger partial charge in [0.15, 0.2) is 11.5 Å². The molecule has 0 radical (unpaired) electrons. The topological polar surface area (TPSA) is 32.7 Å². The first-order valence-corrected chi connectivity index (χ1v) is 7.60. The quantitative estimate of drug-likeness (QED) is 0.733. The van der Waals surface area contributed by atoms with E-state index < -0.39 is 0 Å². The van der Waals surface area contributed by atoms with Crippen LogP contribution in [0.2, 0.25) is 0 Å². The molecule has 2 aliphatic heterocycles. The molecule has 2 aliphatic carbocycles. The number of hydrogen-bond acceptors (Lipinski definition) is 3. The number of aromatic hydroxyl groups is 1. The molecule has 4 aliphatic rings. The molecule has 0 aromatic heterocycles. The van der Waals surface area contributed by atoms with E-state index in [1.165, 1.54) is 11.1 Å². The fourth-order valence-electron chi connectivity index (χ4n) is 5.21. The smallest absolute Gasteiger partial charge is 0.165 e. The van der Waals surface area contributed by atoms with E-state index in [0.29, 0.717) is 17.7 Å². The molecule has 2 heterocycles. The largest absolute Gasteiger partial charge is 0.504 e. The Balaban J connectivity index is 1.84. The van der Waals surface area contributed by atoms with Crippen molar-refractivity contribution in [3.63, 3.8) is 0 Å². The van der Waals surface area contributed by atoms with Crippen LogP contribution < -0.4 is 4.74 Å². The van der Waals surface area contributed by atoms with Crippen LogP contribution in [0.25, 0.3) is 0 Å². The maximum Gasteiger partial charge on any atom is 0.165 e. The number of phenolic OH excluding ortho intramolecular Hbond substituents is 1. The van der Waals surface area contributed by atoms with Gasteiger partial charge in [-0.15, -0.1) is 0 Å². The third-order valence-electron chi connectivity index (χ3n) is 6.10. The molecule has 0 saturated carbocycles. The Morgan fingerprint density at radius 1 is 1.40 bits per heavy atom. The second-order valence-electron chi connectivity index (χ2n) is 6.79. The Labute approximate surface area is 118 Å². The number of likely N-dealkylation sites (tertiary alicyclic amines) is 1. The molecule has 5 rings (SSSR count). The summed E-state index contributed by atoms with van der Waals surface area (Å²) in [7, 11) is 2.25. The van der Waals surface area contributed by atoms with Crippen molar-refractivity contribution in [1.29, 1.82) is 0 Å². The minimum atomic E-state index is 0.119. The lowest BCUT2D eigenvalue weighted by molar-refractivity contribution is 0.00197. The third-order valence-corrected chi connectivity index (χ3v) is 6.10. The van der Waals surface area contributed by atoms with Gasteiger partial charge in [-0.1, -0.05) is 18.2 Å². The van der Waals surface area contributed by atoms with Crippen molar-refractivity contribution in [3.05, 3.63) is 35.4 Å². The van der Waals surface area contributed by atoms with Crippen LogP contribution in [0.15, 0.2) is 24.3 Å². The second-order valence-corrected chi connectivity index (χ2v) is 6.79. The Kier molecular flexibility index (Phi) is 1.90. The van der Waals surface area contributed by atoms with Crippen molar-refractivity contribution in [2.75, 3.05) is 13.6 Å². The second kappa shape index (κ2) is 3.40. The highest BCUT2D eigenvalue weighted by Gasteiger charge is 2.61. The van der Waals surface area contributed by atoms with Gasteiger partial charge in [-0.2, -0.15) is 0 Å². The zero-order chi connectivity index (χ0) is 13.5. The molecule has 2 bridgehead atoms. The minimum Gasteiger partial charge on any atom is -0.504 e.